The highest BCUT2D eigenvalue weighted by molar-refractivity contribution is 7.92. The number of rotatable bonds is 3. The summed E-state index contributed by atoms with van der Waals surface area (Å²) in [7, 11) is -7.42. The molecule has 0 saturated carbocycles. The van der Waals surface area contributed by atoms with Crippen molar-refractivity contribution < 1.29 is 21.8 Å². The average molecular weight is 335 g/mol. The lowest BCUT2D eigenvalue weighted by Gasteiger charge is -2.25. The van der Waals surface area contributed by atoms with Crippen LogP contribution in [0.5, 0.6) is 0 Å². The molecule has 1 heterocycles. The topological polar surface area (TPSA) is 141 Å². The second kappa shape index (κ2) is 5.24. The maximum Gasteiger partial charge on any atom is 0.289 e. The van der Waals surface area contributed by atoms with E-state index >= 15 is 0 Å². The van der Waals surface area contributed by atoms with Crippen molar-refractivity contribution in [2.45, 2.75) is 4.90 Å². The van der Waals surface area contributed by atoms with Crippen LogP contribution in [0.15, 0.2) is 23.1 Å². The number of sulfone groups is 1. The van der Waals surface area contributed by atoms with E-state index in [2.05, 4.69) is 0 Å². The van der Waals surface area contributed by atoms with Crippen molar-refractivity contribution in [1.29, 1.82) is 0 Å². The quantitative estimate of drug-likeness (QED) is 0.450. The molecule has 1 fully saturated rings. The van der Waals surface area contributed by atoms with Crippen molar-refractivity contribution in [2.24, 2.45) is 0 Å². The Kier molecular flexibility index (Phi) is 3.91. The van der Waals surface area contributed by atoms with Crippen molar-refractivity contribution in [3.8, 4) is 0 Å². The van der Waals surface area contributed by atoms with Gasteiger partial charge in [-0.05, 0) is 12.1 Å². The SMILES string of the molecule is Nc1ccc([N+](=O)[O-])c(S(=O)(=O)N2CCS(=O)(=O)CC2)c1. The molecule has 2 rings (SSSR count). The molecule has 1 saturated heterocycles. The van der Waals surface area contributed by atoms with Crippen molar-refractivity contribution >= 4 is 31.2 Å². The molecule has 0 aliphatic carbocycles. The largest absolute Gasteiger partial charge is 0.399 e. The normalized spacial score (nSPS) is 19.2. The predicted molar refractivity (Wildman–Crippen MR) is 74.9 cm³/mol. The van der Waals surface area contributed by atoms with Gasteiger partial charge in [0.2, 0.25) is 10.0 Å². The van der Waals surface area contributed by atoms with Crippen LogP contribution in [0.2, 0.25) is 0 Å². The summed E-state index contributed by atoms with van der Waals surface area (Å²) in [6, 6.07) is 3.26. The highest BCUT2D eigenvalue weighted by Gasteiger charge is 2.35. The Morgan fingerprint density at radius 1 is 1.24 bits per heavy atom. The van der Waals surface area contributed by atoms with Crippen molar-refractivity contribution in [2.75, 3.05) is 30.3 Å². The van der Waals surface area contributed by atoms with Crippen LogP contribution in [0.1, 0.15) is 0 Å². The fraction of sp³-hybridized carbons (Fsp3) is 0.400. The van der Waals surface area contributed by atoms with Gasteiger partial charge >= 0.3 is 0 Å². The Morgan fingerprint density at radius 3 is 2.33 bits per heavy atom. The van der Waals surface area contributed by atoms with Gasteiger partial charge in [-0.25, -0.2) is 16.8 Å². The highest BCUT2D eigenvalue weighted by atomic mass is 32.2. The lowest BCUT2D eigenvalue weighted by Crippen LogP contribution is -2.43. The van der Waals surface area contributed by atoms with Gasteiger partial charge in [0.05, 0.1) is 16.4 Å². The average Bonchev–Trinajstić information content (AvgIpc) is 2.37. The number of hydrogen-bond acceptors (Lipinski definition) is 7. The molecular formula is C10H13N3O6S2. The molecular weight excluding hydrogens is 322 g/mol. The fourth-order valence-electron chi connectivity index (χ4n) is 1.96. The van der Waals surface area contributed by atoms with E-state index in [0.29, 0.717) is 0 Å². The Bertz CT molecular complexity index is 773. The molecule has 0 radical (unpaired) electrons. The maximum atomic E-state index is 12.4. The predicted octanol–water partition coefficient (Wildman–Crippen LogP) is -0.404. The number of anilines is 1. The molecule has 11 heteroatoms. The van der Waals surface area contributed by atoms with Crippen molar-refractivity contribution in [3.63, 3.8) is 0 Å². The van der Waals surface area contributed by atoms with Crippen LogP contribution in [0, 0.1) is 10.1 Å². The van der Waals surface area contributed by atoms with Gasteiger partial charge in [-0.1, -0.05) is 0 Å². The van der Waals surface area contributed by atoms with E-state index in [-0.39, 0.29) is 30.3 Å². The summed E-state index contributed by atoms with van der Waals surface area (Å²) in [6.07, 6.45) is 0. The number of benzene rings is 1. The van der Waals surface area contributed by atoms with E-state index in [1.54, 1.807) is 0 Å². The minimum Gasteiger partial charge on any atom is -0.399 e. The monoisotopic (exact) mass is 335 g/mol. The molecule has 2 N–H and O–H groups in total. The molecule has 1 aromatic rings. The van der Waals surface area contributed by atoms with Crippen LogP contribution in [-0.4, -0.2) is 50.7 Å². The smallest absolute Gasteiger partial charge is 0.289 e. The number of nitro groups is 1. The fourth-order valence-corrected chi connectivity index (χ4v) is 5.03. The number of nitrogens with two attached hydrogens (primary N) is 1. The Hall–Kier alpha value is -1.72. The van der Waals surface area contributed by atoms with Crippen LogP contribution in [0.4, 0.5) is 11.4 Å². The van der Waals surface area contributed by atoms with Gasteiger partial charge in [0, 0.05) is 24.8 Å². The Balaban J connectivity index is 2.45. The number of nitrogen functional groups attached to an aromatic ring is 1. The minimum absolute atomic E-state index is 0.0730. The third-order valence-electron chi connectivity index (χ3n) is 3.10. The van der Waals surface area contributed by atoms with Gasteiger partial charge in [0.25, 0.3) is 5.69 Å². The molecule has 0 spiro atoms. The lowest BCUT2D eigenvalue weighted by molar-refractivity contribution is -0.387. The molecule has 1 aromatic carbocycles. The van der Waals surface area contributed by atoms with Gasteiger partial charge in [-0.3, -0.25) is 10.1 Å². The second-order valence-electron chi connectivity index (χ2n) is 4.54. The highest BCUT2D eigenvalue weighted by Crippen LogP contribution is 2.29. The second-order valence-corrected chi connectivity index (χ2v) is 8.75. The molecule has 0 unspecified atom stereocenters. The number of hydrogen-bond donors (Lipinski definition) is 1. The molecule has 9 nitrogen and oxygen atoms in total. The summed E-state index contributed by atoms with van der Waals surface area (Å²) >= 11 is 0. The maximum absolute atomic E-state index is 12.4. The van der Waals surface area contributed by atoms with Crippen LogP contribution in [0.3, 0.4) is 0 Å². The zero-order valence-electron chi connectivity index (χ0n) is 10.8. The van der Waals surface area contributed by atoms with E-state index in [4.69, 9.17) is 5.73 Å². The van der Waals surface area contributed by atoms with E-state index < -0.39 is 35.4 Å². The lowest BCUT2D eigenvalue weighted by atomic mass is 10.3. The van der Waals surface area contributed by atoms with E-state index in [1.165, 1.54) is 6.07 Å². The summed E-state index contributed by atoms with van der Waals surface area (Å²) in [4.78, 5) is 9.62. The Labute approximate surface area is 121 Å². The number of nitro benzene ring substituents is 1. The van der Waals surface area contributed by atoms with Crippen LogP contribution >= 0.6 is 0 Å². The molecule has 1 aliphatic heterocycles. The van der Waals surface area contributed by atoms with Gasteiger partial charge in [-0.2, -0.15) is 4.31 Å². The standard InChI is InChI=1S/C10H13N3O6S2/c11-8-1-2-9(13(14)15)10(7-8)21(18,19)12-3-5-20(16,17)6-4-12/h1-2,7H,3-6,11H2. The minimum atomic E-state index is -4.16. The first-order valence-corrected chi connectivity index (χ1v) is 9.14. The summed E-state index contributed by atoms with van der Waals surface area (Å²) in [5.74, 6) is -0.606. The van der Waals surface area contributed by atoms with Gasteiger partial charge in [0.1, 0.15) is 0 Å². The first-order chi connectivity index (χ1) is 9.63. The number of nitrogens with zero attached hydrogens (tertiary/aromatic N) is 2. The van der Waals surface area contributed by atoms with Crippen molar-refractivity contribution in [1.82, 2.24) is 4.31 Å². The van der Waals surface area contributed by atoms with Crippen molar-refractivity contribution in [3.05, 3.63) is 28.3 Å². The van der Waals surface area contributed by atoms with E-state index in [0.717, 1.165) is 16.4 Å². The number of sulfonamides is 1. The first-order valence-electron chi connectivity index (χ1n) is 5.88. The van der Waals surface area contributed by atoms with Gasteiger partial charge in [-0.15, -0.1) is 0 Å². The molecule has 21 heavy (non-hydrogen) atoms. The molecule has 116 valence electrons. The third-order valence-corrected chi connectivity index (χ3v) is 6.64. The Morgan fingerprint density at radius 2 is 1.81 bits per heavy atom. The zero-order valence-corrected chi connectivity index (χ0v) is 12.4. The molecule has 0 bridgehead atoms. The summed E-state index contributed by atoms with van der Waals surface area (Å²) in [5.41, 5.74) is 4.98. The first kappa shape index (κ1) is 15.7. The molecule has 0 amide bonds. The van der Waals surface area contributed by atoms with Crippen LogP contribution in [0.25, 0.3) is 0 Å². The zero-order chi connectivity index (χ0) is 15.8. The third kappa shape index (κ3) is 3.14. The van der Waals surface area contributed by atoms with E-state index in [9.17, 15) is 26.9 Å². The summed E-state index contributed by atoms with van der Waals surface area (Å²) in [6.45, 7) is -0.451. The van der Waals surface area contributed by atoms with Crippen LogP contribution < -0.4 is 5.73 Å². The van der Waals surface area contributed by atoms with Gasteiger partial charge < -0.3 is 5.73 Å². The van der Waals surface area contributed by atoms with Crippen LogP contribution in [-0.2, 0) is 19.9 Å². The molecule has 1 aliphatic rings. The molecule has 0 aromatic heterocycles. The molecule has 0 atom stereocenters. The van der Waals surface area contributed by atoms with E-state index in [1.807, 2.05) is 0 Å². The summed E-state index contributed by atoms with van der Waals surface area (Å²) < 4.78 is 48.5. The summed E-state index contributed by atoms with van der Waals surface area (Å²) in [5, 5.41) is 11.0. The van der Waals surface area contributed by atoms with Gasteiger partial charge in [0.15, 0.2) is 14.7 Å².